The number of carboxylic acid groups (broad SMARTS) is 1. The molecular formula is C10H11FO3. The van der Waals surface area contributed by atoms with Crippen LogP contribution in [0, 0.1) is 12.7 Å². The van der Waals surface area contributed by atoms with Gasteiger partial charge in [-0.05, 0) is 30.2 Å². The maximum Gasteiger partial charge on any atom is 0.329 e. The monoisotopic (exact) mass is 198 g/mol. The molecule has 0 amide bonds. The van der Waals surface area contributed by atoms with E-state index in [1.165, 1.54) is 12.1 Å². The molecule has 0 saturated carbocycles. The summed E-state index contributed by atoms with van der Waals surface area (Å²) >= 11 is 0. The minimum atomic E-state index is -1.03. The van der Waals surface area contributed by atoms with Crippen LogP contribution >= 0.6 is 0 Å². The van der Waals surface area contributed by atoms with Crippen LogP contribution in [0.5, 0.6) is 0 Å². The average molecular weight is 198 g/mol. The van der Waals surface area contributed by atoms with Gasteiger partial charge in [-0.1, -0.05) is 6.07 Å². The minimum Gasteiger partial charge on any atom is -0.480 e. The molecule has 0 heterocycles. The van der Waals surface area contributed by atoms with E-state index in [0.29, 0.717) is 5.56 Å². The Morgan fingerprint density at radius 2 is 2.29 bits per heavy atom. The van der Waals surface area contributed by atoms with Crippen LogP contribution in [0.15, 0.2) is 18.2 Å². The van der Waals surface area contributed by atoms with E-state index in [9.17, 15) is 9.18 Å². The first-order valence-electron chi connectivity index (χ1n) is 4.14. The van der Waals surface area contributed by atoms with Crippen molar-refractivity contribution in [2.45, 2.75) is 13.5 Å². The molecule has 0 spiro atoms. The number of carboxylic acids is 1. The molecule has 0 aliphatic heterocycles. The van der Waals surface area contributed by atoms with E-state index in [-0.39, 0.29) is 19.0 Å². The molecule has 4 heteroatoms. The fourth-order valence-corrected chi connectivity index (χ4v) is 1.04. The van der Waals surface area contributed by atoms with E-state index in [0.717, 1.165) is 5.56 Å². The van der Waals surface area contributed by atoms with Gasteiger partial charge in [-0.25, -0.2) is 9.18 Å². The summed E-state index contributed by atoms with van der Waals surface area (Å²) < 4.78 is 17.6. The number of rotatable bonds is 4. The number of carbonyl (C=O) groups is 1. The normalized spacial score (nSPS) is 10.1. The molecule has 0 fully saturated rings. The summed E-state index contributed by atoms with van der Waals surface area (Å²) in [7, 11) is 0. The van der Waals surface area contributed by atoms with Crippen LogP contribution in [-0.2, 0) is 16.1 Å². The Morgan fingerprint density at radius 3 is 2.93 bits per heavy atom. The van der Waals surface area contributed by atoms with Crippen molar-refractivity contribution in [3.8, 4) is 0 Å². The van der Waals surface area contributed by atoms with Crippen LogP contribution < -0.4 is 0 Å². The average Bonchev–Trinajstić information content (AvgIpc) is 2.10. The second-order valence-corrected chi connectivity index (χ2v) is 2.96. The van der Waals surface area contributed by atoms with E-state index in [4.69, 9.17) is 9.84 Å². The molecule has 1 rings (SSSR count). The van der Waals surface area contributed by atoms with Gasteiger partial charge < -0.3 is 9.84 Å². The molecule has 0 radical (unpaired) electrons. The van der Waals surface area contributed by atoms with Gasteiger partial charge in [0.1, 0.15) is 12.4 Å². The largest absolute Gasteiger partial charge is 0.480 e. The summed E-state index contributed by atoms with van der Waals surface area (Å²) in [4.78, 5) is 10.1. The van der Waals surface area contributed by atoms with Crippen LogP contribution in [0.3, 0.4) is 0 Å². The number of ether oxygens (including phenoxy) is 1. The number of aryl methyl sites for hydroxylation is 1. The fourth-order valence-electron chi connectivity index (χ4n) is 1.04. The fraction of sp³-hybridized carbons (Fsp3) is 0.300. The van der Waals surface area contributed by atoms with Crippen molar-refractivity contribution < 1.29 is 19.0 Å². The minimum absolute atomic E-state index is 0.121. The standard InChI is InChI=1S/C10H11FO3/c1-7-2-3-9(11)4-8(7)5-14-6-10(12)13/h2-4H,5-6H2,1H3,(H,12,13). The van der Waals surface area contributed by atoms with Crippen molar-refractivity contribution in [2.75, 3.05) is 6.61 Å². The topological polar surface area (TPSA) is 46.5 Å². The molecule has 1 aromatic carbocycles. The van der Waals surface area contributed by atoms with Crippen molar-refractivity contribution in [1.29, 1.82) is 0 Å². The SMILES string of the molecule is Cc1ccc(F)cc1COCC(=O)O. The first-order chi connectivity index (χ1) is 6.59. The highest BCUT2D eigenvalue weighted by atomic mass is 19.1. The highest BCUT2D eigenvalue weighted by molar-refractivity contribution is 5.67. The van der Waals surface area contributed by atoms with Gasteiger partial charge >= 0.3 is 5.97 Å². The van der Waals surface area contributed by atoms with Gasteiger partial charge in [0.05, 0.1) is 6.61 Å². The second kappa shape index (κ2) is 4.72. The molecule has 0 aromatic heterocycles. The predicted molar refractivity (Wildman–Crippen MR) is 48.4 cm³/mol. The maximum atomic E-state index is 12.8. The van der Waals surface area contributed by atoms with E-state index in [1.54, 1.807) is 6.07 Å². The summed E-state index contributed by atoms with van der Waals surface area (Å²) in [6.45, 7) is 1.57. The van der Waals surface area contributed by atoms with Crippen molar-refractivity contribution >= 4 is 5.97 Å². The number of benzene rings is 1. The Balaban J connectivity index is 2.57. The molecule has 0 bridgehead atoms. The number of hydrogen-bond acceptors (Lipinski definition) is 2. The maximum absolute atomic E-state index is 12.8. The van der Waals surface area contributed by atoms with Gasteiger partial charge in [-0.15, -0.1) is 0 Å². The molecular weight excluding hydrogens is 187 g/mol. The van der Waals surface area contributed by atoms with Crippen molar-refractivity contribution in [3.63, 3.8) is 0 Å². The van der Waals surface area contributed by atoms with Crippen LogP contribution in [0.1, 0.15) is 11.1 Å². The first-order valence-corrected chi connectivity index (χ1v) is 4.14. The molecule has 76 valence electrons. The zero-order valence-corrected chi connectivity index (χ0v) is 7.79. The zero-order valence-electron chi connectivity index (χ0n) is 7.79. The molecule has 0 saturated heterocycles. The zero-order chi connectivity index (χ0) is 10.6. The summed E-state index contributed by atoms with van der Waals surface area (Å²) in [6.07, 6.45) is 0. The third kappa shape index (κ3) is 3.14. The molecule has 0 atom stereocenters. The van der Waals surface area contributed by atoms with Crippen LogP contribution in [0.4, 0.5) is 4.39 Å². The van der Waals surface area contributed by atoms with Gasteiger partial charge in [0.25, 0.3) is 0 Å². The van der Waals surface area contributed by atoms with Crippen LogP contribution in [-0.4, -0.2) is 17.7 Å². The smallest absolute Gasteiger partial charge is 0.329 e. The third-order valence-electron chi connectivity index (χ3n) is 1.79. The van der Waals surface area contributed by atoms with Crippen molar-refractivity contribution in [1.82, 2.24) is 0 Å². The van der Waals surface area contributed by atoms with Gasteiger partial charge in [0, 0.05) is 0 Å². The molecule has 3 nitrogen and oxygen atoms in total. The van der Waals surface area contributed by atoms with E-state index in [2.05, 4.69) is 0 Å². The number of halogens is 1. The van der Waals surface area contributed by atoms with E-state index < -0.39 is 5.97 Å². The lowest BCUT2D eigenvalue weighted by atomic mass is 10.1. The summed E-state index contributed by atoms with van der Waals surface area (Å²) in [5, 5.41) is 8.32. The van der Waals surface area contributed by atoms with Crippen molar-refractivity contribution in [2.24, 2.45) is 0 Å². The van der Waals surface area contributed by atoms with Gasteiger partial charge in [0.15, 0.2) is 0 Å². The molecule has 0 aliphatic carbocycles. The van der Waals surface area contributed by atoms with Crippen molar-refractivity contribution in [3.05, 3.63) is 35.1 Å². The molecule has 0 aliphatic rings. The Hall–Kier alpha value is -1.42. The second-order valence-electron chi connectivity index (χ2n) is 2.96. The highest BCUT2D eigenvalue weighted by Gasteiger charge is 2.02. The summed E-state index contributed by atoms with van der Waals surface area (Å²) in [5.41, 5.74) is 1.56. The molecule has 14 heavy (non-hydrogen) atoms. The Kier molecular flexibility index (Phi) is 3.59. The van der Waals surface area contributed by atoms with E-state index >= 15 is 0 Å². The Bertz CT molecular complexity index is 336. The van der Waals surface area contributed by atoms with Gasteiger partial charge in [-0.2, -0.15) is 0 Å². The lowest BCUT2D eigenvalue weighted by Crippen LogP contribution is -2.07. The number of aliphatic carboxylic acids is 1. The van der Waals surface area contributed by atoms with Crippen LogP contribution in [0.25, 0.3) is 0 Å². The summed E-state index contributed by atoms with van der Waals surface area (Å²) in [6, 6.07) is 4.34. The lowest BCUT2D eigenvalue weighted by Gasteiger charge is -2.05. The quantitative estimate of drug-likeness (QED) is 0.801. The third-order valence-corrected chi connectivity index (χ3v) is 1.79. The lowest BCUT2D eigenvalue weighted by molar-refractivity contribution is -0.142. The van der Waals surface area contributed by atoms with Gasteiger partial charge in [0.2, 0.25) is 0 Å². The first kappa shape index (κ1) is 10.7. The molecule has 0 unspecified atom stereocenters. The van der Waals surface area contributed by atoms with E-state index in [1.807, 2.05) is 6.92 Å². The number of hydrogen-bond donors (Lipinski definition) is 1. The van der Waals surface area contributed by atoms with Gasteiger partial charge in [-0.3, -0.25) is 0 Å². The molecule has 1 aromatic rings. The highest BCUT2D eigenvalue weighted by Crippen LogP contribution is 2.11. The summed E-state index contributed by atoms with van der Waals surface area (Å²) in [5.74, 6) is -1.37. The molecule has 1 N–H and O–H groups in total. The predicted octanol–water partition coefficient (Wildman–Crippen LogP) is 1.74. The Labute approximate surface area is 81.1 Å². The van der Waals surface area contributed by atoms with Crippen LogP contribution in [0.2, 0.25) is 0 Å². The Morgan fingerprint density at radius 1 is 1.57 bits per heavy atom.